The van der Waals surface area contributed by atoms with E-state index in [9.17, 15) is 13.2 Å². The zero-order chi connectivity index (χ0) is 15.0. The molecule has 6 heteroatoms. The van der Waals surface area contributed by atoms with Gasteiger partial charge >= 0.3 is 0 Å². The molecule has 0 unspecified atom stereocenters. The number of hydrogen-bond acceptors (Lipinski definition) is 2. The van der Waals surface area contributed by atoms with Crippen molar-refractivity contribution in [1.29, 1.82) is 0 Å². The zero-order valence-corrected chi connectivity index (χ0v) is 11.0. The van der Waals surface area contributed by atoms with Gasteiger partial charge < -0.3 is 10.3 Å². The Morgan fingerprint density at radius 3 is 2.52 bits per heavy atom. The van der Waals surface area contributed by atoms with Gasteiger partial charge in [0.05, 0.1) is 5.52 Å². The summed E-state index contributed by atoms with van der Waals surface area (Å²) in [6.07, 6.45) is 0.304. The highest BCUT2D eigenvalue weighted by atomic mass is 19.2. The summed E-state index contributed by atoms with van der Waals surface area (Å²) in [5.74, 6) is -2.22. The van der Waals surface area contributed by atoms with Crippen LogP contribution in [0, 0.1) is 17.5 Å². The van der Waals surface area contributed by atoms with Gasteiger partial charge in [-0.15, -0.1) is 0 Å². The van der Waals surface area contributed by atoms with Crippen LogP contribution in [0.5, 0.6) is 0 Å². The molecular formula is C15H12F3N3. The van der Waals surface area contributed by atoms with Gasteiger partial charge in [0.25, 0.3) is 0 Å². The van der Waals surface area contributed by atoms with Crippen LogP contribution in [0.4, 0.5) is 19.1 Å². The molecule has 0 amide bonds. The largest absolute Gasteiger partial charge is 0.369 e. The van der Waals surface area contributed by atoms with E-state index in [0.29, 0.717) is 12.0 Å². The van der Waals surface area contributed by atoms with E-state index < -0.39 is 11.6 Å². The second kappa shape index (κ2) is 5.12. The molecule has 0 aliphatic heterocycles. The molecule has 0 radical (unpaired) electrons. The van der Waals surface area contributed by atoms with Crippen LogP contribution in [-0.4, -0.2) is 9.55 Å². The van der Waals surface area contributed by atoms with Crippen LogP contribution < -0.4 is 5.73 Å². The van der Waals surface area contributed by atoms with Gasteiger partial charge in [0.2, 0.25) is 5.95 Å². The third kappa shape index (κ3) is 2.33. The van der Waals surface area contributed by atoms with Crippen molar-refractivity contribution >= 4 is 17.0 Å². The first-order valence-corrected chi connectivity index (χ1v) is 6.41. The highest BCUT2D eigenvalue weighted by Crippen LogP contribution is 2.23. The van der Waals surface area contributed by atoms with E-state index in [0.717, 1.165) is 6.07 Å². The molecule has 2 aromatic carbocycles. The van der Waals surface area contributed by atoms with Crippen molar-refractivity contribution in [2.45, 2.75) is 13.0 Å². The van der Waals surface area contributed by atoms with Crippen LogP contribution in [0.15, 0.2) is 36.4 Å². The second-order valence-corrected chi connectivity index (χ2v) is 4.69. The fraction of sp³-hybridized carbons (Fsp3) is 0.133. The van der Waals surface area contributed by atoms with E-state index in [-0.39, 0.29) is 29.3 Å². The van der Waals surface area contributed by atoms with Crippen LogP contribution in [0.3, 0.4) is 0 Å². The summed E-state index contributed by atoms with van der Waals surface area (Å²) < 4.78 is 42.2. The first-order valence-electron chi connectivity index (χ1n) is 6.41. The monoisotopic (exact) mass is 291 g/mol. The van der Waals surface area contributed by atoms with Gasteiger partial charge in [-0.05, 0) is 30.2 Å². The molecule has 0 atom stereocenters. The molecule has 1 heterocycles. The molecular weight excluding hydrogens is 279 g/mol. The maximum Gasteiger partial charge on any atom is 0.201 e. The molecule has 108 valence electrons. The molecule has 0 bridgehead atoms. The van der Waals surface area contributed by atoms with Gasteiger partial charge in [0.1, 0.15) is 11.3 Å². The number of rotatable bonds is 3. The number of aromatic nitrogens is 2. The van der Waals surface area contributed by atoms with Crippen LogP contribution in [0.25, 0.3) is 11.0 Å². The Hall–Kier alpha value is -2.50. The number of nitrogens with two attached hydrogens (primary N) is 1. The fourth-order valence-electron chi connectivity index (χ4n) is 2.33. The van der Waals surface area contributed by atoms with Crippen molar-refractivity contribution in [3.05, 3.63) is 59.4 Å². The summed E-state index contributed by atoms with van der Waals surface area (Å²) >= 11 is 0. The quantitative estimate of drug-likeness (QED) is 0.805. The van der Waals surface area contributed by atoms with E-state index in [1.807, 2.05) is 0 Å². The van der Waals surface area contributed by atoms with E-state index in [4.69, 9.17) is 5.73 Å². The lowest BCUT2D eigenvalue weighted by molar-refractivity contribution is 0.511. The number of fused-ring (bicyclic) bond motifs is 1. The molecule has 0 spiro atoms. The normalized spacial score (nSPS) is 11.2. The number of anilines is 1. The van der Waals surface area contributed by atoms with Crippen LogP contribution in [-0.2, 0) is 13.0 Å². The number of nitrogens with zero attached hydrogens (tertiary/aromatic N) is 2. The fourth-order valence-corrected chi connectivity index (χ4v) is 2.33. The van der Waals surface area contributed by atoms with Gasteiger partial charge in [-0.25, -0.2) is 18.2 Å². The van der Waals surface area contributed by atoms with E-state index in [2.05, 4.69) is 4.98 Å². The second-order valence-electron chi connectivity index (χ2n) is 4.69. The van der Waals surface area contributed by atoms with Gasteiger partial charge in [0.15, 0.2) is 11.6 Å². The summed E-state index contributed by atoms with van der Waals surface area (Å²) in [5.41, 5.74) is 6.51. The van der Waals surface area contributed by atoms with Crippen molar-refractivity contribution in [3.63, 3.8) is 0 Å². The predicted octanol–water partition coefficient (Wildman–Crippen LogP) is 3.28. The van der Waals surface area contributed by atoms with E-state index >= 15 is 0 Å². The maximum absolute atomic E-state index is 13.9. The third-order valence-corrected chi connectivity index (χ3v) is 3.39. The van der Waals surface area contributed by atoms with Crippen molar-refractivity contribution < 1.29 is 13.2 Å². The number of imidazole rings is 1. The molecule has 21 heavy (non-hydrogen) atoms. The highest BCUT2D eigenvalue weighted by molar-refractivity contribution is 5.79. The molecule has 3 aromatic rings. The highest BCUT2D eigenvalue weighted by Gasteiger charge is 2.16. The van der Waals surface area contributed by atoms with Gasteiger partial charge in [0, 0.05) is 6.54 Å². The number of aryl methyl sites for hydroxylation is 2. The van der Waals surface area contributed by atoms with Crippen LogP contribution >= 0.6 is 0 Å². The first kappa shape index (κ1) is 13.5. The molecule has 3 rings (SSSR count). The van der Waals surface area contributed by atoms with Gasteiger partial charge in [-0.3, -0.25) is 0 Å². The standard InChI is InChI=1S/C15H12F3N3/c16-10-4-2-1-3-9(10)7-8-21-14-12(20-15(21)19)6-5-11(17)13(14)18/h1-6H,7-8H2,(H2,19,20). The number of benzene rings is 2. The lowest BCUT2D eigenvalue weighted by Crippen LogP contribution is -2.07. The average molecular weight is 291 g/mol. The Balaban J connectivity index is 1.99. The molecule has 1 aromatic heterocycles. The summed E-state index contributed by atoms with van der Waals surface area (Å²) in [4.78, 5) is 3.99. The smallest absolute Gasteiger partial charge is 0.201 e. The lowest BCUT2D eigenvalue weighted by atomic mass is 10.1. The molecule has 3 nitrogen and oxygen atoms in total. The third-order valence-electron chi connectivity index (χ3n) is 3.39. The van der Waals surface area contributed by atoms with Crippen LogP contribution in [0.2, 0.25) is 0 Å². The van der Waals surface area contributed by atoms with Crippen molar-refractivity contribution in [2.24, 2.45) is 0 Å². The minimum atomic E-state index is -0.995. The van der Waals surface area contributed by atoms with Crippen LogP contribution in [0.1, 0.15) is 5.56 Å². The molecule has 0 fully saturated rings. The molecule has 0 aliphatic rings. The molecule has 0 saturated heterocycles. The Morgan fingerprint density at radius 1 is 1.00 bits per heavy atom. The Labute approximate surface area is 118 Å². The predicted molar refractivity (Wildman–Crippen MR) is 74.2 cm³/mol. The van der Waals surface area contributed by atoms with Gasteiger partial charge in [-0.2, -0.15) is 0 Å². The molecule has 2 N–H and O–H groups in total. The molecule has 0 aliphatic carbocycles. The SMILES string of the molecule is Nc1nc2ccc(F)c(F)c2n1CCc1ccccc1F. The number of hydrogen-bond donors (Lipinski definition) is 1. The minimum absolute atomic E-state index is 0.00355. The summed E-state index contributed by atoms with van der Waals surface area (Å²) in [5, 5.41) is 0. The topological polar surface area (TPSA) is 43.8 Å². The van der Waals surface area contributed by atoms with Crippen molar-refractivity contribution in [2.75, 3.05) is 5.73 Å². The average Bonchev–Trinajstić information content (AvgIpc) is 2.79. The van der Waals surface area contributed by atoms with Gasteiger partial charge in [-0.1, -0.05) is 18.2 Å². The Morgan fingerprint density at radius 2 is 1.76 bits per heavy atom. The van der Waals surface area contributed by atoms with Crippen molar-refractivity contribution in [1.82, 2.24) is 9.55 Å². The molecule has 0 saturated carbocycles. The van der Waals surface area contributed by atoms with E-state index in [1.165, 1.54) is 16.7 Å². The number of halogens is 3. The number of nitrogen functional groups attached to an aromatic ring is 1. The summed E-state index contributed by atoms with van der Waals surface area (Å²) in [6, 6.07) is 8.67. The lowest BCUT2D eigenvalue weighted by Gasteiger charge is -2.08. The summed E-state index contributed by atoms with van der Waals surface area (Å²) in [7, 11) is 0. The first-order chi connectivity index (χ1) is 10.1. The Bertz CT molecular complexity index is 811. The van der Waals surface area contributed by atoms with Crippen molar-refractivity contribution in [3.8, 4) is 0 Å². The Kier molecular flexibility index (Phi) is 3.29. The minimum Gasteiger partial charge on any atom is -0.369 e. The summed E-state index contributed by atoms with van der Waals surface area (Å²) in [6.45, 7) is 0.212. The van der Waals surface area contributed by atoms with E-state index in [1.54, 1.807) is 18.2 Å². The maximum atomic E-state index is 13.9. The zero-order valence-electron chi connectivity index (χ0n) is 11.0.